The van der Waals surface area contributed by atoms with Gasteiger partial charge >= 0.3 is 5.97 Å². The van der Waals surface area contributed by atoms with Gasteiger partial charge in [-0.25, -0.2) is 4.79 Å². The van der Waals surface area contributed by atoms with Gasteiger partial charge < -0.3 is 10.6 Å². The molecule has 2 rings (SSSR count). The van der Waals surface area contributed by atoms with Gasteiger partial charge in [-0.15, -0.1) is 0 Å². The number of pyridine rings is 1. The number of rotatable bonds is 4. The Kier molecular flexibility index (Phi) is 5.06. The van der Waals surface area contributed by atoms with Gasteiger partial charge in [0, 0.05) is 17.3 Å². The number of nitrogens with zero attached hydrogens (tertiary/aromatic N) is 2. The lowest BCUT2D eigenvalue weighted by Gasteiger charge is -1.98. The second-order valence-corrected chi connectivity index (χ2v) is 4.36. The fraction of sp³-hybridized carbons (Fsp3) is 0. The van der Waals surface area contributed by atoms with Crippen LogP contribution in [0.5, 0.6) is 0 Å². The van der Waals surface area contributed by atoms with E-state index < -0.39 is 5.97 Å². The van der Waals surface area contributed by atoms with Gasteiger partial charge in [0.1, 0.15) is 5.69 Å². The maximum absolute atomic E-state index is 11.5. The second kappa shape index (κ2) is 7.21. The third kappa shape index (κ3) is 4.43. The van der Waals surface area contributed by atoms with E-state index >= 15 is 0 Å². The van der Waals surface area contributed by atoms with Gasteiger partial charge in [-0.1, -0.05) is 41.0 Å². The van der Waals surface area contributed by atoms with Crippen LogP contribution in [0.15, 0.2) is 59.9 Å². The van der Waals surface area contributed by atoms with Gasteiger partial charge in [0.15, 0.2) is 5.84 Å². The summed E-state index contributed by atoms with van der Waals surface area (Å²) in [6, 6.07) is 12.3. The van der Waals surface area contributed by atoms with Crippen molar-refractivity contribution in [3.05, 3.63) is 71.0 Å². The van der Waals surface area contributed by atoms with Crippen molar-refractivity contribution in [2.75, 3.05) is 0 Å². The van der Waals surface area contributed by atoms with Crippen molar-refractivity contribution >= 4 is 29.5 Å². The number of hydrogen-bond donors (Lipinski definition) is 1. The summed E-state index contributed by atoms with van der Waals surface area (Å²) < 4.78 is 0. The van der Waals surface area contributed by atoms with Gasteiger partial charge in [-0.05, 0) is 29.8 Å². The van der Waals surface area contributed by atoms with Crippen molar-refractivity contribution in [2.45, 2.75) is 0 Å². The molecular weight excluding hydrogens is 290 g/mol. The largest absolute Gasteiger partial charge is 0.379 e. The highest BCUT2D eigenvalue weighted by molar-refractivity contribution is 6.32. The highest BCUT2D eigenvalue weighted by atomic mass is 35.5. The van der Waals surface area contributed by atoms with Crippen LogP contribution >= 0.6 is 11.6 Å². The maximum atomic E-state index is 11.5. The van der Waals surface area contributed by atoms with Crippen LogP contribution in [0, 0.1) is 0 Å². The quantitative estimate of drug-likeness (QED) is 0.309. The van der Waals surface area contributed by atoms with Crippen molar-refractivity contribution in [3.63, 3.8) is 0 Å². The summed E-state index contributed by atoms with van der Waals surface area (Å²) in [5.41, 5.74) is 6.78. The number of benzene rings is 1. The Morgan fingerprint density at radius 1 is 1.24 bits per heavy atom. The molecule has 0 radical (unpaired) electrons. The number of carbonyl (C=O) groups excluding carboxylic acids is 1. The zero-order valence-corrected chi connectivity index (χ0v) is 11.7. The number of halogens is 1. The predicted octanol–water partition coefficient (Wildman–Crippen LogP) is 2.61. The van der Waals surface area contributed by atoms with E-state index in [2.05, 4.69) is 15.0 Å². The first kappa shape index (κ1) is 14.7. The van der Waals surface area contributed by atoms with E-state index in [1.165, 1.54) is 12.2 Å². The second-order valence-electron chi connectivity index (χ2n) is 3.96. The molecular formula is C15H12ClN3O2. The molecule has 0 saturated carbocycles. The van der Waals surface area contributed by atoms with Gasteiger partial charge in [0.2, 0.25) is 0 Å². The highest BCUT2D eigenvalue weighted by Crippen LogP contribution is 2.16. The van der Waals surface area contributed by atoms with E-state index in [9.17, 15) is 4.79 Å². The van der Waals surface area contributed by atoms with Crippen molar-refractivity contribution < 1.29 is 9.63 Å². The van der Waals surface area contributed by atoms with Crippen LogP contribution in [-0.4, -0.2) is 16.8 Å². The molecule has 2 N–H and O–H groups in total. The number of oxime groups is 1. The molecule has 0 bridgehead atoms. The van der Waals surface area contributed by atoms with E-state index in [4.69, 9.17) is 17.3 Å². The van der Waals surface area contributed by atoms with Crippen LogP contribution in [0.2, 0.25) is 5.02 Å². The van der Waals surface area contributed by atoms with Crippen molar-refractivity contribution in [1.29, 1.82) is 0 Å². The van der Waals surface area contributed by atoms with Crippen LogP contribution in [0.25, 0.3) is 6.08 Å². The van der Waals surface area contributed by atoms with E-state index in [0.717, 1.165) is 0 Å². The molecule has 0 fully saturated rings. The predicted molar refractivity (Wildman–Crippen MR) is 81.5 cm³/mol. The summed E-state index contributed by atoms with van der Waals surface area (Å²) in [7, 11) is 0. The van der Waals surface area contributed by atoms with Gasteiger partial charge in [0.05, 0.1) is 0 Å². The fourth-order valence-corrected chi connectivity index (χ4v) is 1.65. The standard InChI is InChI=1S/C15H12ClN3O2/c16-12-6-2-1-5-11(12)8-9-14(20)21-19-15(17)13-7-3-4-10-18-13/h1-10H,(H2,17,19)/b9-8+. The normalized spacial score (nSPS) is 11.6. The third-order valence-electron chi connectivity index (χ3n) is 2.47. The molecule has 5 nitrogen and oxygen atoms in total. The van der Waals surface area contributed by atoms with E-state index in [1.54, 1.807) is 42.6 Å². The number of amidine groups is 1. The Balaban J connectivity index is 1.98. The molecule has 1 aromatic carbocycles. The van der Waals surface area contributed by atoms with Crippen LogP contribution in [-0.2, 0) is 9.63 Å². The summed E-state index contributed by atoms with van der Waals surface area (Å²) in [6.07, 6.45) is 4.32. The lowest BCUT2D eigenvalue weighted by Crippen LogP contribution is -2.16. The minimum absolute atomic E-state index is 0.0232. The van der Waals surface area contributed by atoms with Crippen LogP contribution in [0.4, 0.5) is 0 Å². The smallest absolute Gasteiger partial charge is 0.358 e. The first-order valence-electron chi connectivity index (χ1n) is 6.05. The summed E-state index contributed by atoms with van der Waals surface area (Å²) in [5.74, 6) is -0.635. The molecule has 1 aromatic heterocycles. The molecule has 6 heteroatoms. The zero-order chi connectivity index (χ0) is 15.1. The molecule has 1 heterocycles. The topological polar surface area (TPSA) is 77.6 Å². The molecule has 0 saturated heterocycles. The van der Waals surface area contributed by atoms with E-state index in [-0.39, 0.29) is 5.84 Å². The number of hydrogen-bond acceptors (Lipinski definition) is 4. The first-order chi connectivity index (χ1) is 10.2. The average Bonchev–Trinajstić information content (AvgIpc) is 2.52. The summed E-state index contributed by atoms with van der Waals surface area (Å²) in [6.45, 7) is 0. The SMILES string of the molecule is N/C(=N\OC(=O)/C=C/c1ccccc1Cl)c1ccccn1. The van der Waals surface area contributed by atoms with Gasteiger partial charge in [-0.3, -0.25) is 4.98 Å². The Hall–Kier alpha value is -2.66. The number of nitrogens with two attached hydrogens (primary N) is 1. The maximum Gasteiger partial charge on any atom is 0.358 e. The molecule has 21 heavy (non-hydrogen) atoms. The Morgan fingerprint density at radius 2 is 2.00 bits per heavy atom. The van der Waals surface area contributed by atoms with Crippen LogP contribution in [0.1, 0.15) is 11.3 Å². The molecule has 0 aliphatic carbocycles. The molecule has 0 aliphatic heterocycles. The third-order valence-corrected chi connectivity index (χ3v) is 2.81. The van der Waals surface area contributed by atoms with Crippen molar-refractivity contribution in [2.24, 2.45) is 10.9 Å². The Morgan fingerprint density at radius 3 is 2.71 bits per heavy atom. The molecule has 0 aliphatic rings. The number of aromatic nitrogens is 1. The van der Waals surface area contributed by atoms with E-state index in [1.807, 2.05) is 6.07 Å². The Bertz CT molecular complexity index is 684. The lowest BCUT2D eigenvalue weighted by atomic mass is 10.2. The Labute approximate surface area is 126 Å². The molecule has 0 unspecified atom stereocenters. The minimum atomic E-state index is -0.659. The van der Waals surface area contributed by atoms with E-state index in [0.29, 0.717) is 16.3 Å². The fourth-order valence-electron chi connectivity index (χ4n) is 1.45. The summed E-state index contributed by atoms with van der Waals surface area (Å²) >= 11 is 5.96. The van der Waals surface area contributed by atoms with Gasteiger partial charge in [0.25, 0.3) is 0 Å². The van der Waals surface area contributed by atoms with Crippen LogP contribution < -0.4 is 5.73 Å². The molecule has 2 aromatic rings. The monoisotopic (exact) mass is 301 g/mol. The van der Waals surface area contributed by atoms with Crippen molar-refractivity contribution in [1.82, 2.24) is 4.98 Å². The summed E-state index contributed by atoms with van der Waals surface area (Å²) in [5, 5.41) is 4.07. The zero-order valence-electron chi connectivity index (χ0n) is 10.9. The first-order valence-corrected chi connectivity index (χ1v) is 6.43. The average molecular weight is 302 g/mol. The lowest BCUT2D eigenvalue weighted by molar-refractivity contribution is -0.137. The van der Waals surface area contributed by atoms with Crippen LogP contribution in [0.3, 0.4) is 0 Å². The van der Waals surface area contributed by atoms with Gasteiger partial charge in [-0.2, -0.15) is 0 Å². The molecule has 0 atom stereocenters. The molecule has 0 spiro atoms. The summed E-state index contributed by atoms with van der Waals surface area (Å²) in [4.78, 5) is 20.2. The van der Waals surface area contributed by atoms with Crippen molar-refractivity contribution in [3.8, 4) is 0 Å². The minimum Gasteiger partial charge on any atom is -0.379 e. The number of carbonyl (C=O) groups is 1. The molecule has 106 valence electrons. The molecule has 0 amide bonds. The highest BCUT2D eigenvalue weighted by Gasteiger charge is 2.02.